The van der Waals surface area contributed by atoms with Crippen LogP contribution < -0.4 is 10.4 Å². The Balaban J connectivity index is 1.69. The number of hydrogen-bond donors (Lipinski definition) is 3. The lowest BCUT2D eigenvalue weighted by Crippen LogP contribution is -2.28. The molecule has 0 bridgehead atoms. The zero-order valence-corrected chi connectivity index (χ0v) is 13.0. The van der Waals surface area contributed by atoms with E-state index in [0.717, 1.165) is 24.1 Å². The first kappa shape index (κ1) is 15.2. The highest BCUT2D eigenvalue weighted by atomic mass is 16.5. The highest BCUT2D eigenvalue weighted by molar-refractivity contribution is 6.44. The molecule has 2 aliphatic rings. The van der Waals surface area contributed by atoms with Crippen LogP contribution >= 0.6 is 0 Å². The highest BCUT2D eigenvalue weighted by Gasteiger charge is 2.42. The van der Waals surface area contributed by atoms with Crippen LogP contribution in [0.1, 0.15) is 40.0 Å². The fraction of sp³-hybridized carbons (Fsp3) is 0.400. The van der Waals surface area contributed by atoms with Crippen molar-refractivity contribution in [2.45, 2.75) is 37.7 Å². The van der Waals surface area contributed by atoms with E-state index in [1.165, 1.54) is 0 Å². The second-order valence-corrected chi connectivity index (χ2v) is 6.46. The van der Waals surface area contributed by atoms with Crippen LogP contribution in [0.4, 0.5) is 0 Å². The van der Waals surface area contributed by atoms with Crippen molar-refractivity contribution in [3.8, 4) is 5.75 Å². The molecule has 0 amide bonds. The Kier molecular flexibility index (Phi) is 3.36. The van der Waals surface area contributed by atoms with Gasteiger partial charge in [0.1, 0.15) is 17.0 Å². The number of nitrogens with two attached hydrogens (primary N) is 1. The van der Waals surface area contributed by atoms with Crippen LogP contribution in [0.25, 0.3) is 0 Å². The van der Waals surface area contributed by atoms with Crippen molar-refractivity contribution >= 4 is 13.1 Å². The fourth-order valence-corrected chi connectivity index (χ4v) is 3.01. The minimum atomic E-state index is -1.09. The van der Waals surface area contributed by atoms with Crippen LogP contribution in [-0.4, -0.2) is 38.2 Å². The lowest BCUT2D eigenvalue weighted by Gasteiger charge is -2.23. The summed E-state index contributed by atoms with van der Waals surface area (Å²) in [4.78, 5) is 11.7. The third-order valence-corrected chi connectivity index (χ3v) is 4.62. The van der Waals surface area contributed by atoms with Gasteiger partial charge in [-0.25, -0.2) is 9.48 Å². The molecule has 0 atom stereocenters. The van der Waals surface area contributed by atoms with Gasteiger partial charge in [0, 0.05) is 0 Å². The van der Waals surface area contributed by atoms with Gasteiger partial charge in [0.05, 0.1) is 18.3 Å². The number of fused-ring (bicyclic) bond motifs is 1. The third-order valence-electron chi connectivity index (χ3n) is 4.62. The quantitative estimate of drug-likeness (QED) is 0.694. The Labute approximate surface area is 138 Å². The van der Waals surface area contributed by atoms with Crippen LogP contribution in [0.15, 0.2) is 18.3 Å². The van der Waals surface area contributed by atoms with Crippen molar-refractivity contribution in [2.24, 2.45) is 5.73 Å². The van der Waals surface area contributed by atoms with Crippen LogP contribution in [0.5, 0.6) is 5.75 Å². The van der Waals surface area contributed by atoms with Crippen molar-refractivity contribution < 1.29 is 19.6 Å². The van der Waals surface area contributed by atoms with Crippen molar-refractivity contribution in [1.29, 1.82) is 0 Å². The second-order valence-electron chi connectivity index (χ2n) is 6.46. The lowest BCUT2D eigenvalue weighted by molar-refractivity contribution is 0.0693. The monoisotopic (exact) mass is 328 g/mol. The van der Waals surface area contributed by atoms with Gasteiger partial charge in [0.15, 0.2) is 0 Å². The average molecular weight is 328 g/mol. The summed E-state index contributed by atoms with van der Waals surface area (Å²) in [6, 6.07) is 3.60. The molecule has 124 valence electrons. The second kappa shape index (κ2) is 5.32. The van der Waals surface area contributed by atoms with Gasteiger partial charge in [-0.1, -0.05) is 17.3 Å². The standard InChI is InChI=1S/C15H17BN4O4/c17-15(4-5-15)11-8-20(19-18-11)7-10-2-1-9-3-6-16(23)24-13(9)12(10)14(21)22/h1-2,8,23H,3-7,17H2,(H,21,22). The normalized spacial score (nSPS) is 18.0. The highest BCUT2D eigenvalue weighted by Crippen LogP contribution is 2.41. The molecule has 1 aliphatic heterocycles. The van der Waals surface area contributed by atoms with E-state index in [-0.39, 0.29) is 23.4 Å². The number of carboxylic acids is 1. The SMILES string of the molecule is NC1(c2cn(Cc3ccc4c(c3C(=O)O)OB(O)CC4)nn2)CC1. The third kappa shape index (κ3) is 2.55. The minimum absolute atomic E-state index is 0.0668. The number of carbonyl (C=O) groups is 1. The van der Waals surface area contributed by atoms with Gasteiger partial charge in [-0.3, -0.25) is 0 Å². The molecule has 1 aromatic heterocycles. The number of aromatic carboxylic acids is 1. The predicted molar refractivity (Wildman–Crippen MR) is 84.7 cm³/mol. The summed E-state index contributed by atoms with van der Waals surface area (Å²) >= 11 is 0. The zero-order valence-electron chi connectivity index (χ0n) is 13.0. The molecule has 1 aliphatic carbocycles. The van der Waals surface area contributed by atoms with E-state index in [9.17, 15) is 14.9 Å². The summed E-state index contributed by atoms with van der Waals surface area (Å²) < 4.78 is 6.96. The predicted octanol–water partition coefficient (Wildman–Crippen LogP) is 0.388. The molecule has 4 N–H and O–H groups in total. The van der Waals surface area contributed by atoms with Crippen LogP contribution in [0.2, 0.25) is 6.32 Å². The molecule has 9 heteroatoms. The number of nitrogens with zero attached hydrogens (tertiary/aromatic N) is 3. The van der Waals surface area contributed by atoms with Crippen molar-refractivity contribution in [3.63, 3.8) is 0 Å². The molecule has 8 nitrogen and oxygen atoms in total. The molecule has 4 rings (SSSR count). The van der Waals surface area contributed by atoms with Crippen LogP contribution in [0.3, 0.4) is 0 Å². The van der Waals surface area contributed by atoms with Gasteiger partial charge < -0.3 is 20.5 Å². The van der Waals surface area contributed by atoms with Crippen molar-refractivity contribution in [1.82, 2.24) is 15.0 Å². The van der Waals surface area contributed by atoms with E-state index in [1.54, 1.807) is 16.9 Å². The summed E-state index contributed by atoms with van der Waals surface area (Å²) in [5.74, 6) is -0.842. The van der Waals surface area contributed by atoms with Gasteiger partial charge in [-0.15, -0.1) is 5.10 Å². The molecular weight excluding hydrogens is 311 g/mol. The molecule has 0 radical (unpaired) electrons. The van der Waals surface area contributed by atoms with Gasteiger partial charge in [-0.05, 0) is 36.7 Å². The maximum absolute atomic E-state index is 11.7. The first-order chi connectivity index (χ1) is 11.5. The topological polar surface area (TPSA) is 123 Å². The van der Waals surface area contributed by atoms with E-state index < -0.39 is 13.1 Å². The number of aromatic nitrogens is 3. The summed E-state index contributed by atoms with van der Waals surface area (Å²) in [5.41, 5.74) is 7.86. The van der Waals surface area contributed by atoms with E-state index in [1.807, 2.05) is 6.07 Å². The molecular formula is C15H17BN4O4. The smallest absolute Gasteiger partial charge is 0.522 e. The zero-order chi connectivity index (χ0) is 16.9. The largest absolute Gasteiger partial charge is 0.535 e. The number of carboxylic acid groups (broad SMARTS) is 1. The minimum Gasteiger partial charge on any atom is -0.535 e. The van der Waals surface area contributed by atoms with Crippen molar-refractivity contribution in [3.05, 3.63) is 40.7 Å². The van der Waals surface area contributed by atoms with Gasteiger partial charge >= 0.3 is 13.1 Å². The van der Waals surface area contributed by atoms with Crippen molar-refractivity contribution in [2.75, 3.05) is 0 Å². The molecule has 2 aromatic rings. The Morgan fingerprint density at radius 2 is 2.25 bits per heavy atom. The van der Waals surface area contributed by atoms with E-state index in [2.05, 4.69) is 10.3 Å². The molecule has 2 heterocycles. The van der Waals surface area contributed by atoms with Crippen LogP contribution in [-0.2, 0) is 18.5 Å². The number of rotatable bonds is 4. The average Bonchev–Trinajstić information content (AvgIpc) is 3.11. The van der Waals surface area contributed by atoms with E-state index in [4.69, 9.17) is 10.4 Å². The Hall–Kier alpha value is -2.39. The van der Waals surface area contributed by atoms with E-state index >= 15 is 0 Å². The lowest BCUT2D eigenvalue weighted by atomic mass is 9.78. The molecule has 1 saturated carbocycles. The Morgan fingerprint density at radius 1 is 1.46 bits per heavy atom. The fourth-order valence-electron chi connectivity index (χ4n) is 3.01. The molecule has 0 unspecified atom stereocenters. The summed E-state index contributed by atoms with van der Waals surface area (Å²) in [7, 11) is -0.976. The summed E-state index contributed by atoms with van der Waals surface area (Å²) in [6.45, 7) is 0.247. The maximum Gasteiger partial charge on any atom is 0.522 e. The molecule has 0 spiro atoms. The van der Waals surface area contributed by atoms with Gasteiger partial charge in [0.2, 0.25) is 0 Å². The Morgan fingerprint density at radius 3 is 2.96 bits per heavy atom. The summed E-state index contributed by atoms with van der Waals surface area (Å²) in [5, 5.41) is 27.4. The van der Waals surface area contributed by atoms with Gasteiger partial charge in [-0.2, -0.15) is 0 Å². The van der Waals surface area contributed by atoms with E-state index in [0.29, 0.717) is 18.3 Å². The first-order valence-electron chi connectivity index (χ1n) is 7.88. The molecule has 24 heavy (non-hydrogen) atoms. The molecule has 0 saturated heterocycles. The number of benzene rings is 1. The molecule has 1 aromatic carbocycles. The Bertz CT molecular complexity index is 818. The number of hydrogen-bond acceptors (Lipinski definition) is 6. The van der Waals surface area contributed by atoms with Gasteiger partial charge in [0.25, 0.3) is 0 Å². The summed E-state index contributed by atoms with van der Waals surface area (Å²) in [6.07, 6.45) is 4.57. The molecule has 1 fully saturated rings. The first-order valence-corrected chi connectivity index (χ1v) is 7.88. The maximum atomic E-state index is 11.7. The van der Waals surface area contributed by atoms with Crippen LogP contribution in [0, 0.1) is 0 Å². The number of aryl methyl sites for hydroxylation is 1.